The van der Waals surface area contributed by atoms with E-state index in [1.54, 1.807) is 44.8 Å². The van der Waals surface area contributed by atoms with Crippen LogP contribution >= 0.6 is 0 Å². The molecule has 0 radical (unpaired) electrons. The number of benzene rings is 2. The van der Waals surface area contributed by atoms with Gasteiger partial charge in [-0.1, -0.05) is 6.07 Å². The summed E-state index contributed by atoms with van der Waals surface area (Å²) in [6, 6.07) is 12.0. The highest BCUT2D eigenvalue weighted by molar-refractivity contribution is 5.98. The maximum atomic E-state index is 14.7. The molecule has 0 aliphatic heterocycles. The van der Waals surface area contributed by atoms with Crippen LogP contribution in [0.25, 0.3) is 33.4 Å². The third-order valence-corrected chi connectivity index (χ3v) is 4.63. The standard InChI is InChI=1S/C22H19FN4O2/c1-24-22-15-10-14(19-16(23)7-4-8-17(19)28-2)11-18(29-3)20(15)26-21(27-22)13-6-5-9-25-12-13/h4-12H,1-3H3,(H,24,26,27). The Kier molecular flexibility index (Phi) is 4.95. The summed E-state index contributed by atoms with van der Waals surface area (Å²) in [7, 11) is 4.85. The Bertz CT molecular complexity index is 1180. The second-order valence-corrected chi connectivity index (χ2v) is 6.28. The van der Waals surface area contributed by atoms with Gasteiger partial charge < -0.3 is 14.8 Å². The Balaban J connectivity index is 2.01. The molecule has 0 saturated carbocycles. The lowest BCUT2D eigenvalue weighted by Crippen LogP contribution is -2.01. The molecule has 0 spiro atoms. The number of fused-ring (bicyclic) bond motifs is 1. The lowest BCUT2D eigenvalue weighted by Gasteiger charge is -2.15. The first-order chi connectivity index (χ1) is 14.2. The smallest absolute Gasteiger partial charge is 0.163 e. The molecule has 0 atom stereocenters. The predicted octanol–water partition coefficient (Wildman–Crippen LogP) is 4.56. The number of hydrogen-bond acceptors (Lipinski definition) is 6. The van der Waals surface area contributed by atoms with Crippen molar-refractivity contribution in [3.05, 3.63) is 60.7 Å². The van der Waals surface area contributed by atoms with E-state index < -0.39 is 0 Å². The molecule has 0 aliphatic rings. The molecular formula is C22H19FN4O2. The molecule has 6 nitrogen and oxygen atoms in total. The zero-order chi connectivity index (χ0) is 20.4. The minimum atomic E-state index is -0.385. The third kappa shape index (κ3) is 3.31. The first kappa shape index (κ1) is 18.6. The van der Waals surface area contributed by atoms with Crippen molar-refractivity contribution in [3.8, 4) is 34.0 Å². The molecular weight excluding hydrogens is 371 g/mol. The number of methoxy groups -OCH3 is 2. The maximum Gasteiger partial charge on any atom is 0.163 e. The molecule has 1 N–H and O–H groups in total. The second-order valence-electron chi connectivity index (χ2n) is 6.28. The van der Waals surface area contributed by atoms with E-state index in [9.17, 15) is 4.39 Å². The summed E-state index contributed by atoms with van der Waals surface area (Å²) in [4.78, 5) is 13.4. The van der Waals surface area contributed by atoms with Crippen LogP contribution < -0.4 is 14.8 Å². The fourth-order valence-corrected chi connectivity index (χ4v) is 3.27. The predicted molar refractivity (Wildman–Crippen MR) is 111 cm³/mol. The molecule has 29 heavy (non-hydrogen) atoms. The first-order valence-electron chi connectivity index (χ1n) is 8.97. The van der Waals surface area contributed by atoms with E-state index in [0.29, 0.717) is 45.2 Å². The van der Waals surface area contributed by atoms with Crippen molar-refractivity contribution < 1.29 is 13.9 Å². The molecule has 0 aliphatic carbocycles. The van der Waals surface area contributed by atoms with Crippen LogP contribution in [-0.2, 0) is 0 Å². The zero-order valence-electron chi connectivity index (χ0n) is 16.2. The Hall–Kier alpha value is -3.74. The van der Waals surface area contributed by atoms with E-state index in [1.165, 1.54) is 13.2 Å². The molecule has 2 aromatic heterocycles. The van der Waals surface area contributed by atoms with Crippen molar-refractivity contribution in [2.45, 2.75) is 0 Å². The second kappa shape index (κ2) is 7.71. The van der Waals surface area contributed by atoms with Crippen molar-refractivity contribution >= 4 is 16.7 Å². The zero-order valence-corrected chi connectivity index (χ0v) is 16.2. The number of rotatable bonds is 5. The minimum Gasteiger partial charge on any atom is -0.496 e. The van der Waals surface area contributed by atoms with Gasteiger partial charge in [-0.15, -0.1) is 0 Å². The van der Waals surface area contributed by atoms with Crippen LogP contribution in [0.5, 0.6) is 11.5 Å². The van der Waals surface area contributed by atoms with Gasteiger partial charge in [0, 0.05) is 30.4 Å². The molecule has 0 bridgehead atoms. The van der Waals surface area contributed by atoms with Crippen LogP contribution in [0.3, 0.4) is 0 Å². The van der Waals surface area contributed by atoms with Crippen molar-refractivity contribution in [1.82, 2.24) is 15.0 Å². The molecule has 4 aromatic rings. The van der Waals surface area contributed by atoms with Crippen LogP contribution in [0, 0.1) is 5.82 Å². The lowest BCUT2D eigenvalue weighted by molar-refractivity contribution is 0.413. The summed E-state index contributed by atoms with van der Waals surface area (Å²) in [5.74, 6) is 1.68. The van der Waals surface area contributed by atoms with E-state index >= 15 is 0 Å². The highest BCUT2D eigenvalue weighted by Crippen LogP contribution is 2.39. The van der Waals surface area contributed by atoms with Gasteiger partial charge in [-0.25, -0.2) is 14.4 Å². The highest BCUT2D eigenvalue weighted by atomic mass is 19.1. The van der Waals surface area contributed by atoms with Gasteiger partial charge in [0.05, 0.1) is 19.8 Å². The number of anilines is 1. The Morgan fingerprint density at radius 1 is 0.931 bits per heavy atom. The summed E-state index contributed by atoms with van der Waals surface area (Å²) in [5.41, 5.74) is 2.37. The SMILES string of the molecule is CNc1nc(-c2cccnc2)nc2c(OC)cc(-c3c(F)cccc3OC)cc12. The van der Waals surface area contributed by atoms with Crippen molar-refractivity contribution in [2.75, 3.05) is 26.6 Å². The van der Waals surface area contributed by atoms with E-state index in [0.717, 1.165) is 5.56 Å². The molecule has 0 amide bonds. The van der Waals surface area contributed by atoms with Crippen molar-refractivity contribution in [3.63, 3.8) is 0 Å². The van der Waals surface area contributed by atoms with Crippen molar-refractivity contribution in [2.24, 2.45) is 0 Å². The van der Waals surface area contributed by atoms with Crippen LogP contribution in [0.4, 0.5) is 10.2 Å². The number of halogens is 1. The largest absolute Gasteiger partial charge is 0.496 e. The van der Waals surface area contributed by atoms with E-state index in [-0.39, 0.29) is 5.82 Å². The molecule has 2 aromatic carbocycles. The average molecular weight is 390 g/mol. The number of aromatic nitrogens is 3. The number of pyridine rings is 1. The maximum absolute atomic E-state index is 14.7. The summed E-state index contributed by atoms with van der Waals surface area (Å²) in [6.45, 7) is 0. The third-order valence-electron chi connectivity index (χ3n) is 4.63. The monoisotopic (exact) mass is 390 g/mol. The highest BCUT2D eigenvalue weighted by Gasteiger charge is 2.18. The van der Waals surface area contributed by atoms with Gasteiger partial charge in [0.25, 0.3) is 0 Å². The molecule has 2 heterocycles. The summed E-state index contributed by atoms with van der Waals surface area (Å²) in [5, 5.41) is 3.81. The van der Waals surface area contributed by atoms with Gasteiger partial charge in [0.2, 0.25) is 0 Å². The Labute approximate surface area is 167 Å². The van der Waals surface area contributed by atoms with Gasteiger partial charge in [0.15, 0.2) is 5.82 Å². The topological polar surface area (TPSA) is 69.2 Å². The van der Waals surface area contributed by atoms with Crippen LogP contribution in [0.2, 0.25) is 0 Å². The van der Waals surface area contributed by atoms with Crippen LogP contribution in [0.15, 0.2) is 54.9 Å². The Morgan fingerprint density at radius 2 is 1.76 bits per heavy atom. The summed E-state index contributed by atoms with van der Waals surface area (Å²) < 4.78 is 25.6. The summed E-state index contributed by atoms with van der Waals surface area (Å²) >= 11 is 0. The minimum absolute atomic E-state index is 0.355. The molecule has 0 unspecified atom stereocenters. The van der Waals surface area contributed by atoms with Gasteiger partial charge in [-0.3, -0.25) is 4.98 Å². The van der Waals surface area contributed by atoms with Crippen LogP contribution in [0.1, 0.15) is 0 Å². The van der Waals surface area contributed by atoms with E-state index in [1.807, 2.05) is 18.2 Å². The fraction of sp³-hybridized carbons (Fsp3) is 0.136. The Morgan fingerprint density at radius 3 is 2.45 bits per heavy atom. The number of hydrogen-bond donors (Lipinski definition) is 1. The van der Waals surface area contributed by atoms with E-state index in [4.69, 9.17) is 9.47 Å². The molecule has 0 fully saturated rings. The molecule has 0 saturated heterocycles. The van der Waals surface area contributed by atoms with E-state index in [2.05, 4.69) is 20.3 Å². The van der Waals surface area contributed by atoms with Gasteiger partial charge in [0.1, 0.15) is 28.7 Å². The average Bonchev–Trinajstić information content (AvgIpc) is 2.77. The molecule has 146 valence electrons. The van der Waals surface area contributed by atoms with Gasteiger partial charge >= 0.3 is 0 Å². The molecule has 7 heteroatoms. The summed E-state index contributed by atoms with van der Waals surface area (Å²) in [6.07, 6.45) is 3.39. The number of nitrogens with zero attached hydrogens (tertiary/aromatic N) is 3. The number of ether oxygens (including phenoxy) is 2. The lowest BCUT2D eigenvalue weighted by atomic mass is 10.0. The van der Waals surface area contributed by atoms with Gasteiger partial charge in [-0.05, 0) is 42.0 Å². The first-order valence-corrected chi connectivity index (χ1v) is 8.97. The van der Waals surface area contributed by atoms with Crippen LogP contribution in [-0.4, -0.2) is 36.2 Å². The fourth-order valence-electron chi connectivity index (χ4n) is 3.27. The van der Waals surface area contributed by atoms with Gasteiger partial charge in [-0.2, -0.15) is 0 Å². The quantitative estimate of drug-likeness (QED) is 0.539. The van der Waals surface area contributed by atoms with Crippen molar-refractivity contribution in [1.29, 1.82) is 0 Å². The number of nitrogens with one attached hydrogen (secondary N) is 1. The molecule has 4 rings (SSSR count). The normalized spacial score (nSPS) is 10.8.